The number of carbonyl (C=O) groups is 3. The van der Waals surface area contributed by atoms with Crippen molar-refractivity contribution in [3.05, 3.63) is 34.6 Å². The summed E-state index contributed by atoms with van der Waals surface area (Å²) in [4.78, 5) is 39.0. The molecule has 1 N–H and O–H groups in total. The van der Waals surface area contributed by atoms with E-state index in [2.05, 4.69) is 6.92 Å². The summed E-state index contributed by atoms with van der Waals surface area (Å²) in [7, 11) is 0. The first-order valence-corrected chi connectivity index (χ1v) is 13.6. The van der Waals surface area contributed by atoms with Gasteiger partial charge in [0.25, 0.3) is 0 Å². The Bertz CT molecular complexity index is 1090. The molecule has 2 heterocycles. The first-order chi connectivity index (χ1) is 17.1. The van der Waals surface area contributed by atoms with Gasteiger partial charge in [-0.15, -0.1) is 0 Å². The SMILES string of the molecule is CC[C@H](C)[C@@H](OC(C)=O)[C@@H](C)C1=CC(=O)C2=C(O[C@]3(C)CC[C@H]4O[C@@H](C(C)(C)O)CC[C@]4(C)C3=C2)C1=O. The lowest BCUT2D eigenvalue weighted by Crippen LogP contribution is -2.58. The van der Waals surface area contributed by atoms with Crippen LogP contribution in [0.25, 0.3) is 0 Å². The molecule has 0 unspecified atom stereocenters. The highest BCUT2D eigenvalue weighted by atomic mass is 16.5. The summed E-state index contributed by atoms with van der Waals surface area (Å²) >= 11 is 0. The lowest BCUT2D eigenvalue weighted by Gasteiger charge is -2.57. The van der Waals surface area contributed by atoms with E-state index in [0.29, 0.717) is 18.4 Å². The predicted molar refractivity (Wildman–Crippen MR) is 138 cm³/mol. The van der Waals surface area contributed by atoms with Crippen LogP contribution in [0.2, 0.25) is 0 Å². The monoisotopic (exact) mass is 514 g/mol. The van der Waals surface area contributed by atoms with Gasteiger partial charge in [0.05, 0.1) is 23.4 Å². The van der Waals surface area contributed by atoms with Crippen molar-refractivity contribution in [3.8, 4) is 0 Å². The number of hydrogen-bond acceptors (Lipinski definition) is 7. The number of carbonyl (C=O) groups excluding carboxylic acids is 3. The molecular weight excluding hydrogens is 472 g/mol. The van der Waals surface area contributed by atoms with Crippen LogP contribution in [0.5, 0.6) is 0 Å². The molecule has 4 rings (SSSR count). The van der Waals surface area contributed by atoms with E-state index in [1.54, 1.807) is 13.8 Å². The molecule has 37 heavy (non-hydrogen) atoms. The largest absolute Gasteiger partial charge is 0.478 e. The van der Waals surface area contributed by atoms with Gasteiger partial charge in [0.15, 0.2) is 11.5 Å². The molecule has 1 saturated heterocycles. The molecule has 1 saturated carbocycles. The third-order valence-electron chi connectivity index (χ3n) is 9.19. The summed E-state index contributed by atoms with van der Waals surface area (Å²) in [6.07, 6.45) is 6.00. The van der Waals surface area contributed by atoms with E-state index >= 15 is 0 Å². The van der Waals surface area contributed by atoms with Crippen LogP contribution in [0.1, 0.15) is 87.5 Å². The minimum absolute atomic E-state index is 0.0172. The number of ether oxygens (including phenoxy) is 3. The number of hydrogen-bond donors (Lipinski definition) is 1. The zero-order valence-corrected chi connectivity index (χ0v) is 23.5. The lowest BCUT2D eigenvalue weighted by molar-refractivity contribution is -0.196. The number of ketones is 2. The molecule has 2 aliphatic carbocycles. The molecular formula is C30H42O7. The number of esters is 1. The van der Waals surface area contributed by atoms with Crippen molar-refractivity contribution in [2.24, 2.45) is 17.3 Å². The first-order valence-electron chi connectivity index (χ1n) is 13.6. The van der Waals surface area contributed by atoms with Gasteiger partial charge >= 0.3 is 5.97 Å². The highest BCUT2D eigenvalue weighted by molar-refractivity contribution is 6.23. The van der Waals surface area contributed by atoms with Gasteiger partial charge in [-0.25, -0.2) is 0 Å². The highest BCUT2D eigenvalue weighted by Gasteiger charge is 2.57. The van der Waals surface area contributed by atoms with Gasteiger partial charge in [0.2, 0.25) is 5.78 Å². The van der Waals surface area contributed by atoms with Crippen LogP contribution in [0.15, 0.2) is 34.6 Å². The van der Waals surface area contributed by atoms with Crippen molar-refractivity contribution < 1.29 is 33.7 Å². The number of allylic oxidation sites excluding steroid dienone is 4. The molecule has 7 nitrogen and oxygen atoms in total. The second-order valence-corrected chi connectivity index (χ2v) is 12.4. The van der Waals surface area contributed by atoms with Crippen molar-refractivity contribution in [3.63, 3.8) is 0 Å². The minimum atomic E-state index is -0.932. The highest BCUT2D eigenvalue weighted by Crippen LogP contribution is 2.57. The summed E-state index contributed by atoms with van der Waals surface area (Å²) in [5, 5.41) is 10.5. The van der Waals surface area contributed by atoms with Crippen LogP contribution >= 0.6 is 0 Å². The number of fused-ring (bicyclic) bond motifs is 3. The van der Waals surface area contributed by atoms with Gasteiger partial charge in [-0.3, -0.25) is 14.4 Å². The normalized spacial score (nSPS) is 34.2. The standard InChI is InChI=1S/C30H42O7/c1-9-16(2)26(35-18(4)31)17(3)19-14-21(32)20-15-22-29(7)12-10-23(28(5,6)34)36-24(29)11-13-30(22,8)37-27(20)25(19)33/h14-17,23-24,26,34H,9-13H2,1-8H3/t16-,17-,23+,24+,26+,29+,30+/m0/s1. The average molecular weight is 515 g/mol. The van der Waals surface area contributed by atoms with E-state index in [1.807, 2.05) is 33.8 Å². The molecule has 2 aliphatic heterocycles. The Kier molecular flexibility index (Phi) is 7.13. The Morgan fingerprint density at radius 3 is 2.46 bits per heavy atom. The molecule has 0 aromatic carbocycles. The summed E-state index contributed by atoms with van der Waals surface area (Å²) in [6.45, 7) is 14.9. The number of rotatable bonds is 6. The van der Waals surface area contributed by atoms with Crippen LogP contribution in [0, 0.1) is 17.3 Å². The Hall–Kier alpha value is -2.25. The molecule has 0 radical (unpaired) electrons. The number of aliphatic hydroxyl groups is 1. The maximum atomic E-state index is 13.8. The van der Waals surface area contributed by atoms with Gasteiger partial charge in [-0.05, 0) is 70.1 Å². The van der Waals surface area contributed by atoms with Crippen LogP contribution in [-0.2, 0) is 28.6 Å². The maximum absolute atomic E-state index is 13.8. The third kappa shape index (κ3) is 4.74. The number of Topliss-reactive ketones (excluding diaryl/α,β-unsaturated/α-hetero) is 1. The molecule has 204 valence electrons. The fourth-order valence-corrected chi connectivity index (χ4v) is 6.70. The van der Waals surface area contributed by atoms with Crippen LogP contribution < -0.4 is 0 Å². The average Bonchev–Trinajstić information content (AvgIpc) is 2.81. The van der Waals surface area contributed by atoms with Crippen LogP contribution in [-0.4, -0.2) is 52.2 Å². The fraction of sp³-hybridized carbons (Fsp3) is 0.700. The Labute approximate surface area is 220 Å². The van der Waals surface area contributed by atoms with Crippen molar-refractivity contribution in [2.75, 3.05) is 0 Å². The molecule has 0 amide bonds. The van der Waals surface area contributed by atoms with Crippen molar-refractivity contribution in [1.82, 2.24) is 0 Å². The van der Waals surface area contributed by atoms with E-state index in [4.69, 9.17) is 14.2 Å². The molecule has 7 heteroatoms. The van der Waals surface area contributed by atoms with Gasteiger partial charge in [-0.1, -0.05) is 34.1 Å². The topological polar surface area (TPSA) is 99.1 Å². The van der Waals surface area contributed by atoms with E-state index in [-0.39, 0.29) is 46.4 Å². The second kappa shape index (κ2) is 9.49. The molecule has 0 aromatic rings. The molecule has 4 aliphatic rings. The van der Waals surface area contributed by atoms with E-state index < -0.39 is 29.2 Å². The zero-order valence-electron chi connectivity index (χ0n) is 23.5. The van der Waals surface area contributed by atoms with Gasteiger partial charge in [0.1, 0.15) is 11.7 Å². The maximum Gasteiger partial charge on any atom is 0.302 e. The van der Waals surface area contributed by atoms with Gasteiger partial charge in [0, 0.05) is 23.8 Å². The summed E-state index contributed by atoms with van der Waals surface area (Å²) in [5.41, 5.74) is -0.448. The molecule has 0 aromatic heterocycles. The molecule has 7 atom stereocenters. The van der Waals surface area contributed by atoms with E-state index in [9.17, 15) is 19.5 Å². The first kappa shape index (κ1) is 27.8. The predicted octanol–water partition coefficient (Wildman–Crippen LogP) is 4.77. The molecule has 0 bridgehead atoms. The Balaban J connectivity index is 1.68. The van der Waals surface area contributed by atoms with Gasteiger partial charge in [-0.2, -0.15) is 0 Å². The lowest BCUT2D eigenvalue weighted by atomic mass is 9.58. The quantitative estimate of drug-likeness (QED) is 0.403. The van der Waals surface area contributed by atoms with Crippen molar-refractivity contribution in [1.29, 1.82) is 0 Å². The third-order valence-corrected chi connectivity index (χ3v) is 9.19. The van der Waals surface area contributed by atoms with Crippen molar-refractivity contribution >= 4 is 17.5 Å². The zero-order chi connectivity index (χ0) is 27.5. The van der Waals surface area contributed by atoms with E-state index in [1.165, 1.54) is 13.0 Å². The van der Waals surface area contributed by atoms with Gasteiger partial charge < -0.3 is 19.3 Å². The Morgan fingerprint density at radius 1 is 1.19 bits per heavy atom. The molecule has 0 spiro atoms. The van der Waals surface area contributed by atoms with Crippen LogP contribution in [0.4, 0.5) is 0 Å². The van der Waals surface area contributed by atoms with Crippen molar-refractivity contribution in [2.45, 2.75) is 117 Å². The minimum Gasteiger partial charge on any atom is -0.478 e. The summed E-state index contributed by atoms with van der Waals surface area (Å²) in [6, 6.07) is 0. The van der Waals surface area contributed by atoms with Crippen LogP contribution in [0.3, 0.4) is 0 Å². The van der Waals surface area contributed by atoms with E-state index in [0.717, 1.165) is 24.8 Å². The molecule has 2 fully saturated rings. The summed E-state index contributed by atoms with van der Waals surface area (Å²) in [5.74, 6) is -1.33. The fourth-order valence-electron chi connectivity index (χ4n) is 6.70. The smallest absolute Gasteiger partial charge is 0.302 e. The Morgan fingerprint density at radius 2 is 1.86 bits per heavy atom. The second-order valence-electron chi connectivity index (χ2n) is 12.4. The summed E-state index contributed by atoms with van der Waals surface area (Å²) < 4.78 is 18.5.